The van der Waals surface area contributed by atoms with E-state index in [9.17, 15) is 5.11 Å². The highest BCUT2D eigenvalue weighted by Gasteiger charge is 2.20. The lowest BCUT2D eigenvalue weighted by molar-refractivity contribution is 0.0624. The number of anilines is 1. The van der Waals surface area contributed by atoms with Gasteiger partial charge in [0, 0.05) is 25.7 Å². The van der Waals surface area contributed by atoms with Gasteiger partial charge in [-0.15, -0.1) is 0 Å². The molecule has 0 bridgehead atoms. The third-order valence-electron chi connectivity index (χ3n) is 5.09. The number of aliphatic hydroxyl groups excluding tert-OH is 1. The van der Waals surface area contributed by atoms with Gasteiger partial charge >= 0.3 is 0 Å². The number of para-hydroxylation sites is 1. The Bertz CT molecular complexity index is 605. The fourth-order valence-corrected chi connectivity index (χ4v) is 4.36. The summed E-state index contributed by atoms with van der Waals surface area (Å²) in [7, 11) is 2.11. The van der Waals surface area contributed by atoms with E-state index in [1.165, 1.54) is 42.2 Å². The molecular formula is C19H29N3OS. The normalized spacial score (nSPS) is 25.4. The van der Waals surface area contributed by atoms with Crippen molar-refractivity contribution in [3.05, 3.63) is 24.3 Å². The number of hydrogen-bond acceptors (Lipinski definition) is 5. The Hall–Kier alpha value is -1.17. The van der Waals surface area contributed by atoms with E-state index in [4.69, 9.17) is 0 Å². The molecule has 1 N–H and O–H groups in total. The van der Waals surface area contributed by atoms with Crippen LogP contribution in [-0.4, -0.2) is 53.8 Å². The largest absolute Gasteiger partial charge is 0.393 e. The average molecular weight is 348 g/mol. The van der Waals surface area contributed by atoms with Crippen LogP contribution in [0.2, 0.25) is 0 Å². The van der Waals surface area contributed by atoms with Crippen LogP contribution < -0.4 is 4.90 Å². The summed E-state index contributed by atoms with van der Waals surface area (Å²) in [5.41, 5.74) is 1.14. The van der Waals surface area contributed by atoms with Gasteiger partial charge in [-0.2, -0.15) is 0 Å². The highest BCUT2D eigenvalue weighted by Crippen LogP contribution is 2.30. The molecule has 2 aliphatic rings. The van der Waals surface area contributed by atoms with Crippen LogP contribution >= 0.6 is 11.3 Å². The molecule has 0 saturated carbocycles. The lowest BCUT2D eigenvalue weighted by Crippen LogP contribution is -2.39. The molecule has 2 atom stereocenters. The van der Waals surface area contributed by atoms with Crippen molar-refractivity contribution in [2.24, 2.45) is 0 Å². The third kappa shape index (κ3) is 4.47. The van der Waals surface area contributed by atoms with Crippen molar-refractivity contribution < 1.29 is 5.11 Å². The molecule has 2 fully saturated rings. The first-order valence-electron chi connectivity index (χ1n) is 9.12. The van der Waals surface area contributed by atoms with Gasteiger partial charge in [-0.05, 0) is 58.2 Å². The second-order valence-corrected chi connectivity index (χ2v) is 8.03. The zero-order valence-corrected chi connectivity index (χ0v) is 15.6. The van der Waals surface area contributed by atoms with Crippen LogP contribution in [0.3, 0.4) is 0 Å². The van der Waals surface area contributed by atoms with Crippen molar-refractivity contribution in [3.63, 3.8) is 0 Å². The number of aliphatic hydroxyl groups is 1. The number of aromatic nitrogens is 1. The molecule has 0 aliphatic carbocycles. The average Bonchev–Trinajstić information content (AvgIpc) is 3.04. The van der Waals surface area contributed by atoms with Gasteiger partial charge in [-0.25, -0.2) is 4.98 Å². The molecule has 0 amide bonds. The first-order chi connectivity index (χ1) is 11.6. The molecule has 132 valence electrons. The summed E-state index contributed by atoms with van der Waals surface area (Å²) in [6.07, 6.45) is 5.85. The number of nitrogens with zero attached hydrogens (tertiary/aromatic N) is 3. The highest BCUT2D eigenvalue weighted by atomic mass is 32.1. The standard InChI is InChI=1S/C12H14N2S.C7H15NO/c1-4-8-14(9-5-1)12-13-10-6-2-3-7-11(10)15-12;1-6-5-7(9)3-4-8(6)2/h2-3,6-7H,1,4-5,8-9H2;6-7,9H,3-5H2,1-2H3. The molecule has 0 spiro atoms. The van der Waals surface area contributed by atoms with Crippen LogP contribution in [0.5, 0.6) is 0 Å². The SMILES string of the molecule is CC1CC(O)CCN1C.c1ccc2sc(N3CCCCC3)nc2c1. The number of hydrogen-bond donors (Lipinski definition) is 1. The Morgan fingerprint density at radius 2 is 1.88 bits per heavy atom. The van der Waals surface area contributed by atoms with Crippen molar-refractivity contribution in [3.8, 4) is 0 Å². The Morgan fingerprint density at radius 3 is 2.54 bits per heavy atom. The molecule has 0 radical (unpaired) electrons. The zero-order valence-electron chi connectivity index (χ0n) is 14.8. The fraction of sp³-hybridized carbons (Fsp3) is 0.632. The lowest BCUT2D eigenvalue weighted by Gasteiger charge is -2.32. The van der Waals surface area contributed by atoms with Crippen LogP contribution in [0.4, 0.5) is 5.13 Å². The Labute approximate surface area is 149 Å². The van der Waals surface area contributed by atoms with Crippen LogP contribution in [0, 0.1) is 0 Å². The van der Waals surface area contributed by atoms with Gasteiger partial charge in [0.2, 0.25) is 0 Å². The maximum Gasteiger partial charge on any atom is 0.186 e. The maximum atomic E-state index is 9.17. The number of piperidine rings is 2. The maximum absolute atomic E-state index is 9.17. The summed E-state index contributed by atoms with van der Waals surface area (Å²) in [6.45, 7) is 5.56. The van der Waals surface area contributed by atoms with Gasteiger partial charge in [0.05, 0.1) is 16.3 Å². The lowest BCUT2D eigenvalue weighted by atomic mass is 10.0. The van der Waals surface area contributed by atoms with Gasteiger partial charge in [0.1, 0.15) is 0 Å². The molecule has 24 heavy (non-hydrogen) atoms. The molecule has 1 aromatic carbocycles. The minimum absolute atomic E-state index is 0.0452. The Morgan fingerprint density at radius 1 is 1.12 bits per heavy atom. The first-order valence-corrected chi connectivity index (χ1v) is 9.94. The molecule has 2 aliphatic heterocycles. The van der Waals surface area contributed by atoms with E-state index in [2.05, 4.69) is 53.0 Å². The smallest absolute Gasteiger partial charge is 0.186 e. The summed E-state index contributed by atoms with van der Waals surface area (Å²) in [6, 6.07) is 8.95. The number of likely N-dealkylation sites (tertiary alicyclic amines) is 1. The minimum Gasteiger partial charge on any atom is -0.393 e. The first kappa shape index (κ1) is 17.6. The Kier molecular flexibility index (Phi) is 6.09. The highest BCUT2D eigenvalue weighted by molar-refractivity contribution is 7.22. The van der Waals surface area contributed by atoms with Crippen LogP contribution in [0.15, 0.2) is 24.3 Å². The van der Waals surface area contributed by atoms with Crippen molar-refractivity contribution >= 4 is 26.7 Å². The monoisotopic (exact) mass is 347 g/mol. The molecule has 4 rings (SSSR count). The Balaban J connectivity index is 0.000000162. The van der Waals surface area contributed by atoms with E-state index < -0.39 is 0 Å². The second kappa shape index (κ2) is 8.28. The van der Waals surface area contributed by atoms with E-state index in [0.717, 1.165) is 24.9 Å². The molecule has 3 heterocycles. The third-order valence-corrected chi connectivity index (χ3v) is 6.19. The van der Waals surface area contributed by atoms with Crippen LogP contribution in [-0.2, 0) is 0 Å². The molecule has 2 aromatic rings. The van der Waals surface area contributed by atoms with Gasteiger partial charge in [-0.3, -0.25) is 0 Å². The van der Waals surface area contributed by atoms with Crippen LogP contribution in [0.25, 0.3) is 10.2 Å². The van der Waals surface area contributed by atoms with Crippen LogP contribution in [0.1, 0.15) is 39.0 Å². The molecule has 2 unspecified atom stereocenters. The molecule has 4 nitrogen and oxygen atoms in total. The van der Waals surface area contributed by atoms with Crippen molar-refractivity contribution in [2.75, 3.05) is 31.6 Å². The summed E-state index contributed by atoms with van der Waals surface area (Å²) >= 11 is 1.82. The fourth-order valence-electron chi connectivity index (χ4n) is 3.35. The van der Waals surface area contributed by atoms with Gasteiger partial charge < -0.3 is 14.9 Å². The molecule has 1 aromatic heterocycles. The minimum atomic E-state index is -0.0452. The van der Waals surface area contributed by atoms with E-state index in [0.29, 0.717) is 6.04 Å². The van der Waals surface area contributed by atoms with Crippen molar-refractivity contribution in [1.82, 2.24) is 9.88 Å². The van der Waals surface area contributed by atoms with E-state index in [1.54, 1.807) is 0 Å². The number of thiazole rings is 1. The summed E-state index contributed by atoms with van der Waals surface area (Å²) in [5.74, 6) is 0. The number of rotatable bonds is 1. The van der Waals surface area contributed by atoms with Crippen molar-refractivity contribution in [1.29, 1.82) is 0 Å². The predicted octanol–water partition coefficient (Wildman–Crippen LogP) is 3.75. The second-order valence-electron chi connectivity index (χ2n) is 7.02. The summed E-state index contributed by atoms with van der Waals surface area (Å²) in [4.78, 5) is 9.39. The summed E-state index contributed by atoms with van der Waals surface area (Å²) < 4.78 is 1.30. The number of fused-ring (bicyclic) bond motifs is 1. The van der Waals surface area contributed by atoms with Gasteiger partial charge in [-0.1, -0.05) is 23.5 Å². The van der Waals surface area contributed by atoms with Gasteiger partial charge in [0.25, 0.3) is 0 Å². The van der Waals surface area contributed by atoms with Crippen molar-refractivity contribution in [2.45, 2.75) is 51.2 Å². The number of benzene rings is 1. The van der Waals surface area contributed by atoms with E-state index in [1.807, 2.05) is 11.3 Å². The summed E-state index contributed by atoms with van der Waals surface area (Å²) in [5, 5.41) is 10.4. The van der Waals surface area contributed by atoms with Gasteiger partial charge in [0.15, 0.2) is 5.13 Å². The van der Waals surface area contributed by atoms with E-state index >= 15 is 0 Å². The zero-order chi connectivity index (χ0) is 16.9. The topological polar surface area (TPSA) is 39.6 Å². The molecule has 2 saturated heterocycles. The quantitative estimate of drug-likeness (QED) is 0.853. The molecule has 5 heteroatoms. The molecular weight excluding hydrogens is 318 g/mol. The van der Waals surface area contributed by atoms with E-state index in [-0.39, 0.29) is 6.10 Å². The predicted molar refractivity (Wildman–Crippen MR) is 103 cm³/mol.